The van der Waals surface area contributed by atoms with E-state index in [0.29, 0.717) is 18.8 Å². The van der Waals surface area contributed by atoms with E-state index in [1.165, 1.54) is 16.4 Å². The number of aliphatic hydroxyl groups is 1. The molecule has 5 aliphatic rings. The zero-order valence-electron chi connectivity index (χ0n) is 17.8. The molecule has 4 saturated carbocycles. The Kier molecular flexibility index (Phi) is 4.74. The second-order valence-electron chi connectivity index (χ2n) is 10.3. The molecular weight excluding hydrogens is 414 g/mol. The van der Waals surface area contributed by atoms with E-state index in [-0.39, 0.29) is 40.8 Å². The first-order valence-corrected chi connectivity index (χ1v) is 12.7. The van der Waals surface area contributed by atoms with Gasteiger partial charge in [-0.25, -0.2) is 8.42 Å². The fourth-order valence-corrected chi connectivity index (χ4v) is 8.93. The van der Waals surface area contributed by atoms with Gasteiger partial charge in [0, 0.05) is 12.6 Å². The lowest BCUT2D eigenvalue weighted by atomic mass is 9.52. The van der Waals surface area contributed by atoms with Gasteiger partial charge in [-0.1, -0.05) is 12.1 Å². The fraction of sp³-hybridized carbons (Fsp3) is 0.652. The van der Waals surface area contributed by atoms with Crippen molar-refractivity contribution in [1.29, 1.82) is 5.26 Å². The largest absolute Gasteiger partial charge is 0.390 e. The molecule has 8 heteroatoms. The molecule has 6 rings (SSSR count). The number of sulfonamides is 1. The van der Waals surface area contributed by atoms with Gasteiger partial charge in [-0.15, -0.1) is 0 Å². The first-order chi connectivity index (χ1) is 14.7. The monoisotopic (exact) mass is 443 g/mol. The number of carbonyl (C=O) groups is 1. The Morgan fingerprint density at radius 3 is 2.55 bits per heavy atom. The molecule has 7 nitrogen and oxygen atoms in total. The number of nitriles is 1. The summed E-state index contributed by atoms with van der Waals surface area (Å²) in [5, 5.41) is 23.4. The van der Waals surface area contributed by atoms with Gasteiger partial charge in [0.25, 0.3) is 0 Å². The minimum absolute atomic E-state index is 0.00213. The molecule has 0 radical (unpaired) electrons. The van der Waals surface area contributed by atoms with E-state index in [1.54, 1.807) is 19.1 Å². The van der Waals surface area contributed by atoms with Crippen LogP contribution in [0.1, 0.15) is 57.4 Å². The van der Waals surface area contributed by atoms with Crippen LogP contribution in [0.15, 0.2) is 29.2 Å². The first kappa shape index (κ1) is 20.9. The van der Waals surface area contributed by atoms with Crippen LogP contribution in [-0.2, 0) is 14.8 Å². The third kappa shape index (κ3) is 3.21. The highest BCUT2D eigenvalue weighted by molar-refractivity contribution is 7.89. The van der Waals surface area contributed by atoms with Crippen LogP contribution in [0.2, 0.25) is 0 Å². The summed E-state index contributed by atoms with van der Waals surface area (Å²) < 4.78 is 28.2. The molecule has 0 spiro atoms. The minimum Gasteiger partial charge on any atom is -0.390 e. The van der Waals surface area contributed by atoms with Gasteiger partial charge >= 0.3 is 0 Å². The van der Waals surface area contributed by atoms with E-state index in [4.69, 9.17) is 0 Å². The molecule has 1 amide bonds. The predicted octanol–water partition coefficient (Wildman–Crippen LogP) is 2.16. The van der Waals surface area contributed by atoms with Crippen LogP contribution in [0.25, 0.3) is 0 Å². The minimum atomic E-state index is -4.00. The summed E-state index contributed by atoms with van der Waals surface area (Å²) in [5.41, 5.74) is -1.68. The molecule has 4 aliphatic carbocycles. The van der Waals surface area contributed by atoms with E-state index in [2.05, 4.69) is 5.32 Å². The Balaban J connectivity index is 1.40. The number of rotatable bonds is 4. The lowest BCUT2D eigenvalue weighted by Crippen LogP contribution is -2.65. The smallest absolute Gasteiger partial charge is 0.245 e. The summed E-state index contributed by atoms with van der Waals surface area (Å²) in [5.74, 6) is 0.800. The van der Waals surface area contributed by atoms with Gasteiger partial charge in [-0.2, -0.15) is 9.57 Å². The molecule has 1 saturated heterocycles. The molecule has 31 heavy (non-hydrogen) atoms. The van der Waals surface area contributed by atoms with Crippen LogP contribution < -0.4 is 5.32 Å². The molecule has 2 unspecified atom stereocenters. The van der Waals surface area contributed by atoms with Crippen LogP contribution in [-0.4, -0.2) is 47.5 Å². The van der Waals surface area contributed by atoms with Crippen LogP contribution in [0, 0.1) is 29.1 Å². The van der Waals surface area contributed by atoms with Gasteiger partial charge in [0.15, 0.2) is 0 Å². The van der Waals surface area contributed by atoms with Gasteiger partial charge in [0.1, 0.15) is 11.6 Å². The van der Waals surface area contributed by atoms with Crippen LogP contribution in [0.4, 0.5) is 0 Å². The number of hydrogen-bond acceptors (Lipinski definition) is 5. The fourth-order valence-electron chi connectivity index (χ4n) is 6.98. The normalized spacial score (nSPS) is 39.4. The number of benzene rings is 1. The second-order valence-corrected chi connectivity index (χ2v) is 12.1. The summed E-state index contributed by atoms with van der Waals surface area (Å²) in [6, 6.07) is 8.10. The van der Waals surface area contributed by atoms with Crippen LogP contribution in [0.3, 0.4) is 0 Å². The summed E-state index contributed by atoms with van der Waals surface area (Å²) in [7, 11) is -4.00. The number of hydrogen-bond donors (Lipinski definition) is 2. The molecular formula is C23H29N3O4S. The van der Waals surface area contributed by atoms with Gasteiger partial charge in [0.2, 0.25) is 15.9 Å². The summed E-state index contributed by atoms with van der Waals surface area (Å²) >= 11 is 0. The molecule has 0 aromatic heterocycles. The highest BCUT2D eigenvalue weighted by Gasteiger charge is 2.57. The van der Waals surface area contributed by atoms with Crippen molar-refractivity contribution in [3.05, 3.63) is 29.8 Å². The third-order valence-electron chi connectivity index (χ3n) is 8.18. The topological polar surface area (TPSA) is 110 Å². The van der Waals surface area contributed by atoms with Gasteiger partial charge in [-0.05, 0) is 81.8 Å². The van der Waals surface area contributed by atoms with Crippen LogP contribution in [0.5, 0.6) is 0 Å². The molecule has 1 heterocycles. The maximum atomic E-state index is 13.5. The van der Waals surface area contributed by atoms with Crippen molar-refractivity contribution >= 4 is 15.9 Å². The molecule has 1 aromatic rings. The number of nitrogens with zero attached hydrogens (tertiary/aromatic N) is 2. The highest BCUT2D eigenvalue weighted by Crippen LogP contribution is 2.55. The maximum absolute atomic E-state index is 13.5. The SMILES string of the molecule is C[C@]1(C(=O)NC2C3CC4CC2CC(O)(C4)C3)CCCN1S(=O)(=O)c1ccccc1C#N. The zero-order valence-corrected chi connectivity index (χ0v) is 18.6. The Morgan fingerprint density at radius 2 is 1.90 bits per heavy atom. The molecule has 4 bridgehead atoms. The lowest BCUT2D eigenvalue weighted by molar-refractivity contribution is -0.150. The Hall–Kier alpha value is -1.95. The van der Waals surface area contributed by atoms with Crippen LogP contribution >= 0.6 is 0 Å². The standard InChI is InChI=1S/C23H29N3O4S/c1-22(7-4-8-26(22)31(29,30)19-6-3-2-5-16(19)14-24)21(27)25-20-17-9-15-10-18(20)13-23(28,11-15)12-17/h2-3,5-6,15,17-18,20,28H,4,7-13H2,1H3,(H,25,27)/t15?,17?,18?,20?,22-,23?/m1/s1. The van der Waals surface area contributed by atoms with Crippen molar-refractivity contribution < 1.29 is 18.3 Å². The third-order valence-corrected chi connectivity index (χ3v) is 10.3. The van der Waals surface area contributed by atoms with Crippen molar-refractivity contribution in [1.82, 2.24) is 9.62 Å². The maximum Gasteiger partial charge on any atom is 0.245 e. The summed E-state index contributed by atoms with van der Waals surface area (Å²) in [4.78, 5) is 13.5. The van der Waals surface area contributed by atoms with Crippen molar-refractivity contribution in [3.8, 4) is 6.07 Å². The first-order valence-electron chi connectivity index (χ1n) is 11.2. The van der Waals surface area contributed by atoms with Gasteiger partial charge < -0.3 is 10.4 Å². The molecule has 1 aromatic carbocycles. The quantitative estimate of drug-likeness (QED) is 0.741. The van der Waals surface area contributed by atoms with E-state index in [9.17, 15) is 23.6 Å². The summed E-state index contributed by atoms with van der Waals surface area (Å²) in [6.45, 7) is 1.96. The van der Waals surface area contributed by atoms with Gasteiger partial charge in [0.05, 0.1) is 16.1 Å². The Morgan fingerprint density at radius 1 is 1.23 bits per heavy atom. The highest BCUT2D eigenvalue weighted by atomic mass is 32.2. The Labute approximate surface area is 183 Å². The second kappa shape index (κ2) is 7.03. The van der Waals surface area contributed by atoms with Gasteiger partial charge in [-0.3, -0.25) is 4.79 Å². The van der Waals surface area contributed by atoms with E-state index < -0.39 is 21.2 Å². The van der Waals surface area contributed by atoms with E-state index in [0.717, 1.165) is 32.1 Å². The average molecular weight is 444 g/mol. The van der Waals surface area contributed by atoms with Crippen molar-refractivity contribution in [2.45, 2.75) is 73.9 Å². The zero-order chi connectivity index (χ0) is 22.0. The molecule has 2 N–H and O–H groups in total. The molecule has 1 aliphatic heterocycles. The van der Waals surface area contributed by atoms with Crippen molar-refractivity contribution in [3.63, 3.8) is 0 Å². The number of nitrogens with one attached hydrogen (secondary N) is 1. The predicted molar refractivity (Wildman–Crippen MR) is 113 cm³/mol. The molecule has 166 valence electrons. The average Bonchev–Trinajstić information content (AvgIpc) is 3.13. The number of carbonyl (C=O) groups excluding carboxylic acids is 1. The lowest BCUT2D eigenvalue weighted by Gasteiger charge is -2.58. The van der Waals surface area contributed by atoms with Crippen molar-refractivity contribution in [2.24, 2.45) is 17.8 Å². The number of amides is 1. The van der Waals surface area contributed by atoms with E-state index >= 15 is 0 Å². The Bertz CT molecular complexity index is 1050. The molecule has 3 atom stereocenters. The molecule has 5 fully saturated rings. The van der Waals surface area contributed by atoms with Crippen molar-refractivity contribution in [2.75, 3.05) is 6.54 Å². The van der Waals surface area contributed by atoms with E-state index in [1.807, 2.05) is 6.07 Å². The summed E-state index contributed by atoms with van der Waals surface area (Å²) in [6.07, 6.45) is 5.41.